The van der Waals surface area contributed by atoms with Crippen LogP contribution < -0.4 is 10.9 Å². The number of carbonyl (C=O) groups is 1. The summed E-state index contributed by atoms with van der Waals surface area (Å²) < 4.78 is 0. The van der Waals surface area contributed by atoms with Crippen molar-refractivity contribution in [1.82, 2.24) is 0 Å². The third-order valence-corrected chi connectivity index (χ3v) is 2.14. The Kier molecular flexibility index (Phi) is 1.71. The van der Waals surface area contributed by atoms with E-state index in [9.17, 15) is 14.9 Å². The molecule has 0 atom stereocenters. The Morgan fingerprint density at radius 3 is 2.86 bits per heavy atom. The molecule has 0 aromatic heterocycles. The van der Waals surface area contributed by atoms with Crippen LogP contribution in [0.5, 0.6) is 0 Å². The number of benzene rings is 1. The molecule has 0 fully saturated rings. The number of nitrogens with zero attached hydrogens (tertiary/aromatic N) is 2. The normalized spacial score (nSPS) is 14.4. The van der Waals surface area contributed by atoms with Gasteiger partial charge in [0.25, 0.3) is 5.69 Å². The first-order valence-electron chi connectivity index (χ1n) is 3.94. The van der Waals surface area contributed by atoms with Crippen molar-refractivity contribution in [2.75, 3.05) is 5.01 Å². The molecule has 0 aliphatic carbocycles. The summed E-state index contributed by atoms with van der Waals surface area (Å²) in [6.45, 7) is 0. The summed E-state index contributed by atoms with van der Waals surface area (Å²) in [5.74, 6) is 5.18. The number of carbonyl (C=O) groups excluding carboxylic acids is 1. The number of rotatable bonds is 1. The lowest BCUT2D eigenvalue weighted by molar-refractivity contribution is -0.384. The van der Waals surface area contributed by atoms with Gasteiger partial charge in [-0.2, -0.15) is 0 Å². The molecular weight excluding hydrogens is 186 g/mol. The molecule has 0 bridgehead atoms. The third kappa shape index (κ3) is 1.12. The molecule has 1 aromatic carbocycles. The lowest BCUT2D eigenvalue weighted by atomic mass is 10.1. The highest BCUT2D eigenvalue weighted by Gasteiger charge is 2.26. The molecule has 6 nitrogen and oxygen atoms in total. The third-order valence-electron chi connectivity index (χ3n) is 2.14. The number of nitro groups is 1. The van der Waals surface area contributed by atoms with Crippen LogP contribution in [0.4, 0.5) is 11.4 Å². The van der Waals surface area contributed by atoms with E-state index < -0.39 is 4.92 Å². The molecule has 0 unspecified atom stereocenters. The molecule has 0 radical (unpaired) electrons. The van der Waals surface area contributed by atoms with Gasteiger partial charge in [-0.1, -0.05) is 0 Å². The number of hydrogen-bond donors (Lipinski definition) is 1. The second-order valence-corrected chi connectivity index (χ2v) is 3.01. The minimum absolute atomic E-state index is 0.0214. The zero-order chi connectivity index (χ0) is 10.3. The highest BCUT2D eigenvalue weighted by molar-refractivity contribution is 6.00. The highest BCUT2D eigenvalue weighted by atomic mass is 16.6. The smallest absolute Gasteiger partial charge is 0.269 e. The Balaban J connectivity index is 2.49. The molecule has 1 aliphatic rings. The van der Waals surface area contributed by atoms with Gasteiger partial charge in [0, 0.05) is 12.1 Å². The van der Waals surface area contributed by atoms with Gasteiger partial charge in [-0.3, -0.25) is 14.9 Å². The predicted octanol–water partition coefficient (Wildman–Crippen LogP) is 0.358. The van der Waals surface area contributed by atoms with Crippen molar-refractivity contribution in [2.45, 2.75) is 6.42 Å². The number of nitro benzene ring substituents is 1. The predicted molar refractivity (Wildman–Crippen MR) is 48.5 cm³/mol. The minimum atomic E-state index is -0.496. The summed E-state index contributed by atoms with van der Waals surface area (Å²) in [6, 6.07) is 4.19. The monoisotopic (exact) mass is 193 g/mol. The Morgan fingerprint density at radius 1 is 1.50 bits per heavy atom. The molecule has 2 N–H and O–H groups in total. The number of non-ortho nitro benzene ring substituents is 1. The van der Waals surface area contributed by atoms with Crippen molar-refractivity contribution < 1.29 is 9.72 Å². The SMILES string of the molecule is NN1C(=O)Cc2cc([N+](=O)[O-])ccc21. The molecular formula is C8H7N3O3. The van der Waals surface area contributed by atoms with Crippen LogP contribution in [-0.4, -0.2) is 10.8 Å². The van der Waals surface area contributed by atoms with E-state index in [1.807, 2.05) is 0 Å². The maximum atomic E-state index is 11.1. The number of hydrazine groups is 1. The largest absolute Gasteiger partial charge is 0.273 e. The molecule has 0 spiro atoms. The molecule has 1 heterocycles. The van der Waals surface area contributed by atoms with Crippen LogP contribution in [0.25, 0.3) is 0 Å². The first kappa shape index (κ1) is 8.64. The topological polar surface area (TPSA) is 89.5 Å². The lowest BCUT2D eigenvalue weighted by Crippen LogP contribution is -2.33. The van der Waals surface area contributed by atoms with Gasteiger partial charge in [-0.05, 0) is 11.6 Å². The summed E-state index contributed by atoms with van der Waals surface area (Å²) in [6.07, 6.45) is 0.132. The van der Waals surface area contributed by atoms with Gasteiger partial charge in [-0.15, -0.1) is 0 Å². The van der Waals surface area contributed by atoms with Crippen molar-refractivity contribution in [3.8, 4) is 0 Å². The van der Waals surface area contributed by atoms with Crippen molar-refractivity contribution in [2.24, 2.45) is 5.84 Å². The van der Waals surface area contributed by atoms with Crippen molar-refractivity contribution in [3.05, 3.63) is 33.9 Å². The molecule has 6 heteroatoms. The van der Waals surface area contributed by atoms with E-state index in [4.69, 9.17) is 5.84 Å². The van der Waals surface area contributed by atoms with Crippen molar-refractivity contribution in [3.63, 3.8) is 0 Å². The van der Waals surface area contributed by atoms with Gasteiger partial charge in [0.1, 0.15) is 0 Å². The van der Waals surface area contributed by atoms with Crippen LogP contribution in [0.3, 0.4) is 0 Å². The molecule has 1 aliphatic heterocycles. The minimum Gasteiger partial charge on any atom is -0.273 e. The second kappa shape index (κ2) is 2.78. The summed E-state index contributed by atoms with van der Waals surface area (Å²) in [4.78, 5) is 21.1. The summed E-state index contributed by atoms with van der Waals surface area (Å²) >= 11 is 0. The van der Waals surface area contributed by atoms with Gasteiger partial charge >= 0.3 is 0 Å². The van der Waals surface area contributed by atoms with Gasteiger partial charge in [0.15, 0.2) is 0 Å². The van der Waals surface area contributed by atoms with Crippen LogP contribution in [-0.2, 0) is 11.2 Å². The van der Waals surface area contributed by atoms with Gasteiger partial charge in [0.05, 0.1) is 17.0 Å². The van der Waals surface area contributed by atoms with Gasteiger partial charge in [-0.25, -0.2) is 10.9 Å². The van der Waals surface area contributed by atoms with Crippen LogP contribution in [0.1, 0.15) is 5.56 Å². The number of amides is 1. The van der Waals surface area contributed by atoms with Crippen LogP contribution in [0, 0.1) is 10.1 Å². The fourth-order valence-electron chi connectivity index (χ4n) is 1.44. The van der Waals surface area contributed by atoms with E-state index in [0.29, 0.717) is 11.3 Å². The fraction of sp³-hybridized carbons (Fsp3) is 0.125. The molecule has 0 saturated carbocycles. The summed E-state index contributed by atoms with van der Waals surface area (Å²) in [7, 11) is 0. The molecule has 0 saturated heterocycles. The first-order valence-corrected chi connectivity index (χ1v) is 3.94. The average Bonchev–Trinajstić information content (AvgIpc) is 2.42. The summed E-state index contributed by atoms with van der Waals surface area (Å²) in [5, 5.41) is 11.5. The van der Waals surface area contributed by atoms with E-state index in [0.717, 1.165) is 5.01 Å². The maximum Gasteiger partial charge on any atom is 0.269 e. The first-order chi connectivity index (χ1) is 6.59. The number of nitrogens with two attached hydrogens (primary N) is 1. The quantitative estimate of drug-likeness (QED) is 0.301. The van der Waals surface area contributed by atoms with Gasteiger partial charge < -0.3 is 0 Å². The average molecular weight is 193 g/mol. The number of hydrogen-bond acceptors (Lipinski definition) is 4. The fourth-order valence-corrected chi connectivity index (χ4v) is 1.44. The number of fused-ring (bicyclic) bond motifs is 1. The Hall–Kier alpha value is -1.95. The Labute approximate surface area is 79.0 Å². The standard InChI is InChI=1S/C8H7N3O3/c9-10-7-2-1-6(11(13)14)3-5(7)4-8(10)12/h1-3H,4,9H2. The molecule has 1 aromatic rings. The molecule has 72 valence electrons. The van der Waals surface area contributed by atoms with Crippen molar-refractivity contribution in [1.29, 1.82) is 0 Å². The van der Waals surface area contributed by atoms with E-state index in [-0.39, 0.29) is 18.0 Å². The van der Waals surface area contributed by atoms with E-state index in [1.54, 1.807) is 0 Å². The zero-order valence-corrected chi connectivity index (χ0v) is 7.14. The summed E-state index contributed by atoms with van der Waals surface area (Å²) in [5.41, 5.74) is 1.12. The second-order valence-electron chi connectivity index (χ2n) is 3.01. The number of anilines is 1. The van der Waals surface area contributed by atoms with Crippen LogP contribution in [0.15, 0.2) is 18.2 Å². The van der Waals surface area contributed by atoms with Crippen molar-refractivity contribution >= 4 is 17.3 Å². The zero-order valence-electron chi connectivity index (χ0n) is 7.14. The van der Waals surface area contributed by atoms with E-state index in [2.05, 4.69) is 0 Å². The molecule has 2 rings (SSSR count). The van der Waals surface area contributed by atoms with Crippen LogP contribution in [0.2, 0.25) is 0 Å². The molecule has 14 heavy (non-hydrogen) atoms. The van der Waals surface area contributed by atoms with E-state index in [1.165, 1.54) is 18.2 Å². The van der Waals surface area contributed by atoms with Gasteiger partial charge in [0.2, 0.25) is 5.91 Å². The Bertz CT molecular complexity index is 430. The Morgan fingerprint density at radius 2 is 2.21 bits per heavy atom. The molecule has 1 amide bonds. The van der Waals surface area contributed by atoms with E-state index >= 15 is 0 Å². The maximum absolute atomic E-state index is 11.1. The lowest BCUT2D eigenvalue weighted by Gasteiger charge is -2.08. The highest BCUT2D eigenvalue weighted by Crippen LogP contribution is 2.29. The van der Waals surface area contributed by atoms with Crippen LogP contribution >= 0.6 is 0 Å².